The Bertz CT molecular complexity index is 979. The highest BCUT2D eigenvalue weighted by Gasteiger charge is 2.23. The molecule has 0 spiro atoms. The van der Waals surface area contributed by atoms with Crippen LogP contribution in [0.1, 0.15) is 18.5 Å². The fraction of sp³-hybridized carbons (Fsp3) is 0.235. The largest absolute Gasteiger partial charge is 0.449 e. The second-order valence-electron chi connectivity index (χ2n) is 5.97. The van der Waals surface area contributed by atoms with E-state index < -0.39 is 17.0 Å². The van der Waals surface area contributed by atoms with Crippen molar-refractivity contribution in [2.45, 2.75) is 13.0 Å². The minimum absolute atomic E-state index is 0.102. The molecule has 130 valence electrons. The molecular formula is C17H17N3O5. The molecule has 8 heteroatoms. The number of amides is 2. The highest BCUT2D eigenvalue weighted by atomic mass is 16.6. The van der Waals surface area contributed by atoms with Gasteiger partial charge in [-0.15, -0.1) is 0 Å². The summed E-state index contributed by atoms with van der Waals surface area (Å²) in [6, 6.07) is 8.80. The van der Waals surface area contributed by atoms with Crippen LogP contribution < -0.4 is 0 Å². The van der Waals surface area contributed by atoms with Gasteiger partial charge in [-0.2, -0.15) is 5.06 Å². The van der Waals surface area contributed by atoms with Gasteiger partial charge in [0.25, 0.3) is 0 Å². The number of benzene rings is 2. The number of urea groups is 1. The number of carbonyl (C=O) groups excluding carboxylic acids is 1. The third kappa shape index (κ3) is 2.76. The third-order valence-corrected chi connectivity index (χ3v) is 4.13. The summed E-state index contributed by atoms with van der Waals surface area (Å²) in [6.45, 7) is 1.67. The van der Waals surface area contributed by atoms with Crippen molar-refractivity contribution < 1.29 is 19.3 Å². The molecule has 3 aromatic rings. The Labute approximate surface area is 142 Å². The number of para-hydroxylation sites is 1. The van der Waals surface area contributed by atoms with Gasteiger partial charge in [0.15, 0.2) is 0 Å². The number of carbonyl (C=O) groups is 1. The van der Waals surface area contributed by atoms with Gasteiger partial charge in [-0.05, 0) is 24.6 Å². The van der Waals surface area contributed by atoms with E-state index in [1.807, 2.05) is 0 Å². The molecule has 0 fully saturated rings. The first-order chi connectivity index (χ1) is 11.8. The maximum Gasteiger partial charge on any atom is 0.343 e. The van der Waals surface area contributed by atoms with E-state index in [1.165, 1.54) is 11.0 Å². The van der Waals surface area contributed by atoms with Gasteiger partial charge < -0.3 is 9.32 Å². The monoisotopic (exact) mass is 343 g/mol. The molecular weight excluding hydrogens is 326 g/mol. The molecule has 2 amide bonds. The first-order valence-corrected chi connectivity index (χ1v) is 7.60. The highest BCUT2D eigenvalue weighted by Crippen LogP contribution is 2.35. The van der Waals surface area contributed by atoms with Crippen molar-refractivity contribution in [3.8, 4) is 0 Å². The van der Waals surface area contributed by atoms with Crippen molar-refractivity contribution in [2.75, 3.05) is 14.1 Å². The smallest absolute Gasteiger partial charge is 0.343 e. The van der Waals surface area contributed by atoms with Crippen LogP contribution in [0.3, 0.4) is 0 Å². The summed E-state index contributed by atoms with van der Waals surface area (Å²) in [7, 11) is 3.08. The molecule has 25 heavy (non-hydrogen) atoms. The molecule has 0 saturated carbocycles. The number of furan rings is 1. The van der Waals surface area contributed by atoms with Gasteiger partial charge in [0.1, 0.15) is 5.58 Å². The van der Waals surface area contributed by atoms with Gasteiger partial charge in [0, 0.05) is 30.9 Å². The van der Waals surface area contributed by atoms with Crippen molar-refractivity contribution in [3.05, 3.63) is 52.1 Å². The van der Waals surface area contributed by atoms with Gasteiger partial charge in [0.05, 0.1) is 11.0 Å². The number of hydrogen-bond acceptors (Lipinski definition) is 5. The normalized spacial score (nSPS) is 12.3. The van der Waals surface area contributed by atoms with E-state index in [0.29, 0.717) is 21.6 Å². The summed E-state index contributed by atoms with van der Waals surface area (Å²) in [4.78, 5) is 23.8. The lowest BCUT2D eigenvalue weighted by Crippen LogP contribution is -2.38. The number of nitrogens with zero attached hydrogens (tertiary/aromatic N) is 3. The number of hydrogen-bond donors (Lipinski definition) is 1. The first kappa shape index (κ1) is 16.7. The number of non-ortho nitro benzene ring substituents is 1. The predicted octanol–water partition coefficient (Wildman–Crippen LogP) is 3.93. The first-order valence-electron chi connectivity index (χ1n) is 7.60. The number of fused-ring (bicyclic) bond motifs is 3. The lowest BCUT2D eigenvalue weighted by Gasteiger charge is -2.25. The minimum atomic E-state index is -0.609. The quantitative estimate of drug-likeness (QED) is 0.441. The van der Waals surface area contributed by atoms with Crippen molar-refractivity contribution in [3.63, 3.8) is 0 Å². The van der Waals surface area contributed by atoms with Crippen molar-refractivity contribution in [1.82, 2.24) is 9.96 Å². The molecule has 0 aliphatic carbocycles. The van der Waals surface area contributed by atoms with Gasteiger partial charge in [-0.3, -0.25) is 15.3 Å². The number of nitro groups is 1. The zero-order chi connectivity index (χ0) is 18.3. The Morgan fingerprint density at radius 2 is 1.96 bits per heavy atom. The van der Waals surface area contributed by atoms with E-state index in [-0.39, 0.29) is 11.3 Å². The number of hydroxylamine groups is 2. The van der Waals surface area contributed by atoms with Crippen LogP contribution in [0.15, 0.2) is 40.8 Å². The molecule has 1 N–H and O–H groups in total. The third-order valence-electron chi connectivity index (χ3n) is 4.13. The van der Waals surface area contributed by atoms with Crippen LogP contribution in [-0.2, 0) is 0 Å². The topological polar surface area (TPSA) is 100 Å². The fourth-order valence-electron chi connectivity index (χ4n) is 2.72. The lowest BCUT2D eigenvalue weighted by atomic mass is 10.1. The zero-order valence-electron chi connectivity index (χ0n) is 14.0. The summed E-state index contributed by atoms with van der Waals surface area (Å²) >= 11 is 0. The molecule has 1 heterocycles. The van der Waals surface area contributed by atoms with Gasteiger partial charge in [0.2, 0.25) is 5.58 Å². The Kier molecular flexibility index (Phi) is 4.05. The maximum atomic E-state index is 11.9. The van der Waals surface area contributed by atoms with Crippen LogP contribution in [0.2, 0.25) is 0 Å². The van der Waals surface area contributed by atoms with Crippen molar-refractivity contribution in [2.24, 2.45) is 0 Å². The number of rotatable bonds is 3. The van der Waals surface area contributed by atoms with E-state index in [1.54, 1.807) is 51.4 Å². The van der Waals surface area contributed by atoms with Gasteiger partial charge >= 0.3 is 11.7 Å². The van der Waals surface area contributed by atoms with Crippen LogP contribution in [0.4, 0.5) is 10.5 Å². The zero-order valence-corrected chi connectivity index (χ0v) is 14.0. The van der Waals surface area contributed by atoms with Gasteiger partial charge in [-0.25, -0.2) is 4.79 Å². The molecule has 0 aliphatic heterocycles. The summed E-state index contributed by atoms with van der Waals surface area (Å²) < 4.78 is 5.69. The molecule has 0 bridgehead atoms. The van der Waals surface area contributed by atoms with Crippen molar-refractivity contribution >= 4 is 33.7 Å². The van der Waals surface area contributed by atoms with Crippen LogP contribution in [0, 0.1) is 10.1 Å². The summed E-state index contributed by atoms with van der Waals surface area (Å²) in [5, 5.41) is 23.2. The van der Waals surface area contributed by atoms with Crippen LogP contribution in [0.5, 0.6) is 0 Å². The number of nitro benzene ring substituents is 1. The molecule has 1 aromatic heterocycles. The van der Waals surface area contributed by atoms with E-state index in [9.17, 15) is 20.1 Å². The Morgan fingerprint density at radius 1 is 1.24 bits per heavy atom. The summed E-state index contributed by atoms with van der Waals surface area (Å²) in [5.74, 6) is 0. The average Bonchev–Trinajstić information content (AvgIpc) is 2.96. The lowest BCUT2D eigenvalue weighted by molar-refractivity contribution is -0.383. The van der Waals surface area contributed by atoms with Crippen LogP contribution >= 0.6 is 0 Å². The average molecular weight is 343 g/mol. The summed E-state index contributed by atoms with van der Waals surface area (Å²) in [5.41, 5.74) is 1.21. The molecule has 2 aromatic carbocycles. The van der Waals surface area contributed by atoms with Gasteiger partial charge in [-0.1, -0.05) is 18.2 Å². The second-order valence-corrected chi connectivity index (χ2v) is 5.97. The van der Waals surface area contributed by atoms with E-state index in [2.05, 4.69) is 0 Å². The Balaban J connectivity index is 2.09. The molecule has 3 rings (SSSR count). The molecule has 1 atom stereocenters. The molecule has 0 aliphatic rings. The molecule has 0 saturated heterocycles. The summed E-state index contributed by atoms with van der Waals surface area (Å²) in [6.07, 6.45) is 0. The Morgan fingerprint density at radius 3 is 2.60 bits per heavy atom. The van der Waals surface area contributed by atoms with Crippen LogP contribution in [-0.4, -0.2) is 40.2 Å². The maximum absolute atomic E-state index is 11.9. The SMILES string of the molecule is CC(c1ccc2c(c1)oc1c([N+](=O)[O-])cccc12)N(O)C(=O)N(C)C. The molecule has 1 unspecified atom stereocenters. The highest BCUT2D eigenvalue weighted by molar-refractivity contribution is 6.07. The standard InChI is InChI=1S/C17H17N3O5/c1-10(19(22)17(21)18(2)3)11-7-8-12-13-5-4-6-14(20(23)24)16(13)25-15(12)9-11/h4-10,22H,1-3H3. The van der Waals surface area contributed by atoms with E-state index in [0.717, 1.165) is 5.39 Å². The second kappa shape index (κ2) is 6.06. The molecule has 0 radical (unpaired) electrons. The van der Waals surface area contributed by atoms with Crippen LogP contribution in [0.25, 0.3) is 21.9 Å². The fourth-order valence-corrected chi connectivity index (χ4v) is 2.72. The Hall–Kier alpha value is -3.13. The van der Waals surface area contributed by atoms with E-state index in [4.69, 9.17) is 4.42 Å². The van der Waals surface area contributed by atoms with Crippen molar-refractivity contribution in [1.29, 1.82) is 0 Å². The van der Waals surface area contributed by atoms with E-state index >= 15 is 0 Å². The minimum Gasteiger partial charge on any atom is -0.449 e. The molecule has 8 nitrogen and oxygen atoms in total. The predicted molar refractivity (Wildman–Crippen MR) is 91.5 cm³/mol.